The summed E-state index contributed by atoms with van der Waals surface area (Å²) in [6.45, 7) is 6.16. The average Bonchev–Trinajstić information content (AvgIpc) is 1.87. The van der Waals surface area contributed by atoms with E-state index in [0.29, 0.717) is 6.54 Å². The van der Waals surface area contributed by atoms with Gasteiger partial charge in [0.25, 0.3) is 0 Å². The Morgan fingerprint density at radius 2 is 2.56 bits per heavy atom. The molecule has 0 aliphatic rings. The maximum atomic E-state index is 10.8. The minimum atomic E-state index is 0.0740. The zero-order valence-corrected chi connectivity index (χ0v) is 7.98. The molecule has 0 fully saturated rings. The summed E-state index contributed by atoms with van der Waals surface area (Å²) in [6.07, 6.45) is 1.69. The molecule has 9 heavy (non-hydrogen) atoms. The van der Waals surface area contributed by atoms with Crippen LogP contribution < -0.4 is 5.32 Å². The van der Waals surface area contributed by atoms with Crippen LogP contribution in [0.4, 0.5) is 0 Å². The van der Waals surface area contributed by atoms with Gasteiger partial charge in [-0.3, -0.25) is 4.79 Å². The summed E-state index contributed by atoms with van der Waals surface area (Å²) in [4.78, 5) is 10.8. The van der Waals surface area contributed by atoms with E-state index >= 15 is 0 Å². The highest BCUT2D eigenvalue weighted by atomic mass is 28.1. The lowest BCUT2D eigenvalue weighted by molar-refractivity contribution is -0.120. The number of hydrogen-bond acceptors (Lipinski definition) is 1. The van der Waals surface area contributed by atoms with Gasteiger partial charge in [0.1, 0.15) is 0 Å². The van der Waals surface area contributed by atoms with E-state index in [1.54, 1.807) is 6.08 Å². The van der Waals surface area contributed by atoms with Crippen LogP contribution in [0.1, 0.15) is 6.92 Å². The van der Waals surface area contributed by atoms with E-state index in [-0.39, 0.29) is 11.4 Å². The summed E-state index contributed by atoms with van der Waals surface area (Å²) < 4.78 is 0. The van der Waals surface area contributed by atoms with Crippen molar-refractivity contribution in [3.8, 4) is 0 Å². The Bertz CT molecular complexity index is 114. The molecule has 3 heteroatoms. The van der Waals surface area contributed by atoms with E-state index in [1.807, 2.05) is 6.92 Å². The summed E-state index contributed by atoms with van der Waals surface area (Å²) in [5.41, 5.74) is 0.0740. The number of hydrogen-bond donors (Lipinski definition) is 1. The van der Waals surface area contributed by atoms with Gasteiger partial charge in [-0.25, -0.2) is 0 Å². The van der Waals surface area contributed by atoms with Gasteiger partial charge in [-0.05, 0) is 6.92 Å². The summed E-state index contributed by atoms with van der Waals surface area (Å²) >= 11 is 0. The van der Waals surface area contributed by atoms with Crippen molar-refractivity contribution in [2.45, 2.75) is 12.5 Å². The monoisotopic (exact) mass is 143 g/mol. The van der Waals surface area contributed by atoms with Gasteiger partial charge in [-0.15, -0.1) is 6.58 Å². The van der Waals surface area contributed by atoms with Crippen LogP contribution in [0.2, 0.25) is 5.54 Å². The molecule has 0 heterocycles. The number of carbonyl (C=O) groups excluding carboxylic acids is 1. The fourth-order valence-electron chi connectivity index (χ4n) is 0.442. The van der Waals surface area contributed by atoms with Crippen molar-refractivity contribution in [2.24, 2.45) is 0 Å². The molecule has 1 atom stereocenters. The molecule has 0 saturated heterocycles. The lowest BCUT2D eigenvalue weighted by Crippen LogP contribution is -2.26. The SMILES string of the molecule is C=CC([SiH3])C(=O)NCC. The largest absolute Gasteiger partial charge is 0.356 e. The normalized spacial score (nSPS) is 12.6. The van der Waals surface area contributed by atoms with E-state index in [0.717, 1.165) is 10.2 Å². The third-order valence-corrected chi connectivity index (χ3v) is 2.11. The number of amides is 1. The molecule has 0 rings (SSSR count). The molecule has 0 spiro atoms. The second kappa shape index (κ2) is 4.32. The highest BCUT2D eigenvalue weighted by Gasteiger charge is 2.04. The van der Waals surface area contributed by atoms with Crippen LogP contribution in [0, 0.1) is 0 Å². The average molecular weight is 143 g/mol. The molecule has 1 N–H and O–H groups in total. The van der Waals surface area contributed by atoms with Gasteiger partial charge in [-0.1, -0.05) is 6.08 Å². The van der Waals surface area contributed by atoms with Crippen molar-refractivity contribution in [3.63, 3.8) is 0 Å². The van der Waals surface area contributed by atoms with Crippen LogP contribution in [-0.2, 0) is 4.79 Å². The van der Waals surface area contributed by atoms with Crippen molar-refractivity contribution in [1.29, 1.82) is 0 Å². The molecule has 1 unspecified atom stereocenters. The molecule has 2 nitrogen and oxygen atoms in total. The molecule has 0 aromatic rings. The first-order chi connectivity index (χ1) is 4.22. The molecule has 0 radical (unpaired) electrons. The first-order valence-corrected chi connectivity index (χ1v) is 4.28. The van der Waals surface area contributed by atoms with E-state index in [4.69, 9.17) is 0 Å². The van der Waals surface area contributed by atoms with E-state index in [9.17, 15) is 4.79 Å². The molecule has 1 amide bonds. The molecule has 0 aromatic carbocycles. The van der Waals surface area contributed by atoms with Crippen molar-refractivity contribution in [1.82, 2.24) is 5.32 Å². The van der Waals surface area contributed by atoms with Gasteiger partial charge < -0.3 is 5.32 Å². The van der Waals surface area contributed by atoms with Gasteiger partial charge in [-0.2, -0.15) is 0 Å². The van der Waals surface area contributed by atoms with E-state index in [1.165, 1.54) is 0 Å². The fourth-order valence-corrected chi connectivity index (χ4v) is 0.646. The molecule has 0 aliphatic carbocycles. The smallest absolute Gasteiger partial charge is 0.223 e. The lowest BCUT2D eigenvalue weighted by atomic mass is 10.4. The van der Waals surface area contributed by atoms with Crippen LogP contribution in [-0.4, -0.2) is 22.7 Å². The number of nitrogens with one attached hydrogen (secondary N) is 1. The predicted octanol–water partition coefficient (Wildman–Crippen LogP) is -0.538. The zero-order chi connectivity index (χ0) is 7.28. The van der Waals surface area contributed by atoms with Gasteiger partial charge in [0.15, 0.2) is 0 Å². The third kappa shape index (κ3) is 3.08. The maximum absolute atomic E-state index is 10.8. The third-order valence-electron chi connectivity index (χ3n) is 1.12. The predicted molar refractivity (Wildman–Crippen MR) is 42.6 cm³/mol. The van der Waals surface area contributed by atoms with Crippen LogP contribution >= 0.6 is 0 Å². The minimum absolute atomic E-state index is 0.0740. The van der Waals surface area contributed by atoms with Crippen LogP contribution in [0.3, 0.4) is 0 Å². The Kier molecular flexibility index (Phi) is 4.04. The Morgan fingerprint density at radius 1 is 2.00 bits per heavy atom. The maximum Gasteiger partial charge on any atom is 0.223 e. The fraction of sp³-hybridized carbons (Fsp3) is 0.500. The highest BCUT2D eigenvalue weighted by molar-refractivity contribution is 6.25. The second-order valence-electron chi connectivity index (χ2n) is 1.92. The summed E-state index contributed by atoms with van der Waals surface area (Å²) in [5.74, 6) is 0.110. The first kappa shape index (κ1) is 8.43. The van der Waals surface area contributed by atoms with Crippen molar-refractivity contribution < 1.29 is 4.79 Å². The van der Waals surface area contributed by atoms with Crippen molar-refractivity contribution in [3.05, 3.63) is 12.7 Å². The van der Waals surface area contributed by atoms with Gasteiger partial charge in [0, 0.05) is 22.3 Å². The van der Waals surface area contributed by atoms with Crippen LogP contribution in [0.15, 0.2) is 12.7 Å². The topological polar surface area (TPSA) is 29.1 Å². The number of carbonyl (C=O) groups is 1. The van der Waals surface area contributed by atoms with Crippen molar-refractivity contribution in [2.75, 3.05) is 6.54 Å². The Hall–Kier alpha value is -0.573. The van der Waals surface area contributed by atoms with Gasteiger partial charge in [0.2, 0.25) is 5.91 Å². The minimum Gasteiger partial charge on any atom is -0.356 e. The lowest BCUT2D eigenvalue weighted by Gasteiger charge is -2.03. The number of rotatable bonds is 3. The molecule has 0 aliphatic heterocycles. The molecule has 0 bridgehead atoms. The second-order valence-corrected chi connectivity index (χ2v) is 3.16. The molecule has 0 aromatic heterocycles. The highest BCUT2D eigenvalue weighted by Crippen LogP contribution is 1.96. The summed E-state index contributed by atoms with van der Waals surface area (Å²) in [6, 6.07) is 0. The summed E-state index contributed by atoms with van der Waals surface area (Å²) in [7, 11) is 0.858. The van der Waals surface area contributed by atoms with Crippen LogP contribution in [0.25, 0.3) is 0 Å². The summed E-state index contributed by atoms with van der Waals surface area (Å²) in [5, 5.41) is 2.72. The van der Waals surface area contributed by atoms with Gasteiger partial charge in [0.05, 0.1) is 0 Å². The molecule has 52 valence electrons. The van der Waals surface area contributed by atoms with E-state index in [2.05, 4.69) is 11.9 Å². The zero-order valence-electron chi connectivity index (χ0n) is 5.98. The molecular formula is C6H13NOSi. The standard InChI is InChI=1S/C6H13NOSi/c1-3-5(9)6(8)7-4-2/h3,5H,1,4H2,2,9H3,(H,7,8). The molecular weight excluding hydrogens is 130 g/mol. The van der Waals surface area contributed by atoms with Gasteiger partial charge >= 0.3 is 0 Å². The van der Waals surface area contributed by atoms with E-state index < -0.39 is 0 Å². The molecule has 0 saturated carbocycles. The van der Waals surface area contributed by atoms with Crippen molar-refractivity contribution >= 4 is 16.1 Å². The Morgan fingerprint density at radius 3 is 2.89 bits per heavy atom. The quantitative estimate of drug-likeness (QED) is 0.417. The first-order valence-electron chi connectivity index (χ1n) is 3.12. The Labute approximate surface area is 58.8 Å². The van der Waals surface area contributed by atoms with Crippen LogP contribution in [0.5, 0.6) is 0 Å². The Balaban J connectivity index is 3.58.